The van der Waals surface area contributed by atoms with Crippen LogP contribution in [0.2, 0.25) is 0 Å². The maximum Gasteiger partial charge on any atom is 0.255 e. The quantitative estimate of drug-likeness (QED) is 0.742. The fraction of sp³-hybridized carbons (Fsp3) is 0.458. The van der Waals surface area contributed by atoms with Gasteiger partial charge in [-0.05, 0) is 69.4 Å². The SMILES string of the molecule is CC1CCCCN1S(=O)(=O)c1cccc(C(=O)Nc2ccccc2N2CCCCC2)c1. The molecule has 6 nitrogen and oxygen atoms in total. The molecule has 2 aromatic carbocycles. The number of hydrogen-bond acceptors (Lipinski definition) is 4. The molecule has 1 N–H and O–H groups in total. The molecule has 2 aliphatic heterocycles. The number of nitrogens with one attached hydrogen (secondary N) is 1. The first-order chi connectivity index (χ1) is 15.0. The van der Waals surface area contributed by atoms with E-state index in [9.17, 15) is 13.2 Å². The molecule has 2 fully saturated rings. The van der Waals surface area contributed by atoms with Gasteiger partial charge in [0, 0.05) is 31.2 Å². The number of carbonyl (C=O) groups is 1. The minimum atomic E-state index is -3.62. The Kier molecular flexibility index (Phi) is 6.62. The Bertz CT molecular complexity index is 1030. The second-order valence-corrected chi connectivity index (χ2v) is 10.4. The first-order valence-electron chi connectivity index (χ1n) is 11.2. The van der Waals surface area contributed by atoms with E-state index in [1.165, 1.54) is 12.5 Å². The van der Waals surface area contributed by atoms with Gasteiger partial charge in [-0.3, -0.25) is 4.79 Å². The van der Waals surface area contributed by atoms with Crippen LogP contribution < -0.4 is 10.2 Å². The zero-order valence-electron chi connectivity index (χ0n) is 18.1. The Labute approximate surface area is 185 Å². The molecule has 0 aromatic heterocycles. The number of anilines is 2. The van der Waals surface area contributed by atoms with Crippen LogP contribution in [0.4, 0.5) is 11.4 Å². The number of rotatable bonds is 5. The van der Waals surface area contributed by atoms with Crippen LogP contribution in [-0.2, 0) is 10.0 Å². The van der Waals surface area contributed by atoms with Crippen LogP contribution in [0.25, 0.3) is 0 Å². The number of benzene rings is 2. The van der Waals surface area contributed by atoms with Crippen LogP contribution >= 0.6 is 0 Å². The summed E-state index contributed by atoms with van der Waals surface area (Å²) in [5.41, 5.74) is 2.12. The van der Waals surface area contributed by atoms with Crippen LogP contribution in [0.5, 0.6) is 0 Å². The molecule has 0 aliphatic carbocycles. The highest BCUT2D eigenvalue weighted by Gasteiger charge is 2.31. The van der Waals surface area contributed by atoms with Crippen molar-refractivity contribution in [3.63, 3.8) is 0 Å². The van der Waals surface area contributed by atoms with Gasteiger partial charge in [0.15, 0.2) is 0 Å². The Balaban J connectivity index is 1.56. The molecule has 31 heavy (non-hydrogen) atoms. The first-order valence-corrected chi connectivity index (χ1v) is 12.7. The standard InChI is InChI=1S/C24H31N3O3S/c1-19-10-5-8-17-27(19)31(29,30)21-12-9-11-20(18-21)24(28)25-22-13-3-4-14-23(22)26-15-6-2-7-16-26/h3-4,9,11-14,18-19H,2,5-8,10,15-17H2,1H3,(H,25,28). The average molecular weight is 442 g/mol. The molecule has 7 heteroatoms. The number of sulfonamides is 1. The summed E-state index contributed by atoms with van der Waals surface area (Å²) in [6.45, 7) is 4.44. The van der Waals surface area contributed by atoms with Crippen molar-refractivity contribution >= 4 is 27.3 Å². The van der Waals surface area contributed by atoms with Crippen molar-refractivity contribution in [2.45, 2.75) is 56.4 Å². The van der Waals surface area contributed by atoms with Crippen molar-refractivity contribution in [1.82, 2.24) is 4.31 Å². The van der Waals surface area contributed by atoms with Gasteiger partial charge >= 0.3 is 0 Å². The van der Waals surface area contributed by atoms with E-state index in [-0.39, 0.29) is 16.8 Å². The van der Waals surface area contributed by atoms with Crippen molar-refractivity contribution in [3.05, 3.63) is 54.1 Å². The monoisotopic (exact) mass is 441 g/mol. The van der Waals surface area contributed by atoms with Gasteiger partial charge in [-0.25, -0.2) is 8.42 Å². The van der Waals surface area contributed by atoms with E-state index >= 15 is 0 Å². The molecule has 0 saturated carbocycles. The molecule has 2 aliphatic rings. The highest BCUT2D eigenvalue weighted by atomic mass is 32.2. The Morgan fingerprint density at radius 1 is 0.935 bits per heavy atom. The van der Waals surface area contributed by atoms with E-state index in [1.54, 1.807) is 22.5 Å². The topological polar surface area (TPSA) is 69.7 Å². The summed E-state index contributed by atoms with van der Waals surface area (Å²) < 4.78 is 27.9. The summed E-state index contributed by atoms with van der Waals surface area (Å²) >= 11 is 0. The molecule has 0 spiro atoms. The molecule has 166 valence electrons. The van der Waals surface area contributed by atoms with Crippen molar-refractivity contribution in [2.75, 3.05) is 29.9 Å². The van der Waals surface area contributed by atoms with E-state index in [0.717, 1.165) is 56.6 Å². The number of carbonyl (C=O) groups excluding carboxylic acids is 1. The summed E-state index contributed by atoms with van der Waals surface area (Å²) in [6.07, 6.45) is 6.33. The third-order valence-electron chi connectivity index (χ3n) is 6.29. The van der Waals surface area contributed by atoms with Crippen LogP contribution in [0.3, 0.4) is 0 Å². The molecule has 1 atom stereocenters. The summed E-state index contributed by atoms with van der Waals surface area (Å²) in [5.74, 6) is -0.298. The highest BCUT2D eigenvalue weighted by molar-refractivity contribution is 7.89. The summed E-state index contributed by atoms with van der Waals surface area (Å²) in [5, 5.41) is 3.00. The number of para-hydroxylation sites is 2. The molecule has 2 aromatic rings. The normalized spacial score (nSPS) is 20.4. The second kappa shape index (κ2) is 9.40. The molecule has 0 bridgehead atoms. The minimum absolute atomic E-state index is 0.0207. The zero-order valence-corrected chi connectivity index (χ0v) is 18.9. The smallest absolute Gasteiger partial charge is 0.255 e. The van der Waals surface area contributed by atoms with E-state index in [4.69, 9.17) is 0 Å². The second-order valence-electron chi connectivity index (χ2n) is 8.51. The van der Waals surface area contributed by atoms with Crippen LogP contribution in [0.15, 0.2) is 53.4 Å². The van der Waals surface area contributed by atoms with E-state index in [2.05, 4.69) is 10.2 Å². The average Bonchev–Trinajstić information content (AvgIpc) is 2.80. The molecule has 2 saturated heterocycles. The largest absolute Gasteiger partial charge is 0.370 e. The van der Waals surface area contributed by atoms with Gasteiger partial charge < -0.3 is 10.2 Å². The third-order valence-corrected chi connectivity index (χ3v) is 8.30. The summed E-state index contributed by atoms with van der Waals surface area (Å²) in [4.78, 5) is 15.5. The maximum atomic E-state index is 13.2. The van der Waals surface area contributed by atoms with Crippen LogP contribution in [-0.4, -0.2) is 44.3 Å². The lowest BCUT2D eigenvalue weighted by atomic mass is 10.1. The summed E-state index contributed by atoms with van der Waals surface area (Å²) in [7, 11) is -3.62. The molecular formula is C24H31N3O3S. The van der Waals surface area contributed by atoms with Crippen molar-refractivity contribution in [3.8, 4) is 0 Å². The fourth-order valence-corrected chi connectivity index (χ4v) is 6.29. The van der Waals surface area contributed by atoms with Gasteiger partial charge in [-0.1, -0.05) is 24.6 Å². The number of amides is 1. The predicted molar refractivity (Wildman–Crippen MR) is 124 cm³/mol. The Morgan fingerprint density at radius 2 is 1.68 bits per heavy atom. The fourth-order valence-electron chi connectivity index (χ4n) is 4.55. The van der Waals surface area contributed by atoms with Gasteiger partial charge in [0.05, 0.1) is 16.3 Å². The van der Waals surface area contributed by atoms with Gasteiger partial charge in [0.25, 0.3) is 5.91 Å². The van der Waals surface area contributed by atoms with Gasteiger partial charge in [-0.2, -0.15) is 4.31 Å². The molecular weight excluding hydrogens is 410 g/mol. The van der Waals surface area contributed by atoms with E-state index in [1.807, 2.05) is 31.2 Å². The number of piperidine rings is 2. The van der Waals surface area contributed by atoms with E-state index < -0.39 is 10.0 Å². The highest BCUT2D eigenvalue weighted by Crippen LogP contribution is 2.29. The molecule has 2 heterocycles. The number of nitrogens with zero attached hydrogens (tertiary/aromatic N) is 2. The molecule has 0 radical (unpaired) electrons. The van der Waals surface area contributed by atoms with Gasteiger partial charge in [0.1, 0.15) is 0 Å². The molecule has 4 rings (SSSR count). The lowest BCUT2D eigenvalue weighted by Gasteiger charge is -2.32. The maximum absolute atomic E-state index is 13.2. The van der Waals surface area contributed by atoms with Gasteiger partial charge in [-0.15, -0.1) is 0 Å². The predicted octanol–water partition coefficient (Wildman–Crippen LogP) is 4.49. The minimum Gasteiger partial charge on any atom is -0.370 e. The third kappa shape index (κ3) is 4.77. The zero-order chi connectivity index (χ0) is 21.8. The van der Waals surface area contributed by atoms with E-state index in [0.29, 0.717) is 12.1 Å². The Hall–Kier alpha value is -2.38. The van der Waals surface area contributed by atoms with Crippen LogP contribution in [0.1, 0.15) is 55.8 Å². The van der Waals surface area contributed by atoms with Crippen molar-refractivity contribution in [1.29, 1.82) is 0 Å². The lowest BCUT2D eigenvalue weighted by Crippen LogP contribution is -2.41. The van der Waals surface area contributed by atoms with Crippen LogP contribution in [0, 0.1) is 0 Å². The summed E-state index contributed by atoms with van der Waals surface area (Å²) in [6, 6.07) is 14.2. The van der Waals surface area contributed by atoms with Gasteiger partial charge in [0.2, 0.25) is 10.0 Å². The lowest BCUT2D eigenvalue weighted by molar-refractivity contribution is 0.102. The Morgan fingerprint density at radius 3 is 2.45 bits per heavy atom. The van der Waals surface area contributed by atoms with Crippen molar-refractivity contribution in [2.24, 2.45) is 0 Å². The van der Waals surface area contributed by atoms with Crippen molar-refractivity contribution < 1.29 is 13.2 Å². The first kappa shape index (κ1) is 21.8. The molecule has 1 unspecified atom stereocenters. The number of hydrogen-bond donors (Lipinski definition) is 1. The molecule has 1 amide bonds.